The third kappa shape index (κ3) is 4.60. The zero-order chi connectivity index (χ0) is 18.7. The number of hydrogen-bond donors (Lipinski definition) is 2. The largest absolute Gasteiger partial charge is 0.358 e. The first-order valence-electron chi connectivity index (χ1n) is 8.21. The fraction of sp³-hybridized carbons (Fsp3) is 0.278. The molecule has 0 saturated carbocycles. The third-order valence-corrected chi connectivity index (χ3v) is 5.39. The highest BCUT2D eigenvalue weighted by Gasteiger charge is 2.24. The monoisotopic (exact) mass is 416 g/mol. The highest BCUT2D eigenvalue weighted by atomic mass is 35.5. The smallest absolute Gasteiger partial charge is 0.279 e. The van der Waals surface area contributed by atoms with Crippen molar-refractivity contribution in [1.82, 2.24) is 0 Å². The van der Waals surface area contributed by atoms with Crippen LogP contribution >= 0.6 is 34.8 Å². The Kier molecular flexibility index (Phi) is 6.24. The second-order valence-corrected chi connectivity index (χ2v) is 7.38. The van der Waals surface area contributed by atoms with Gasteiger partial charge in [-0.2, -0.15) is 0 Å². The van der Waals surface area contributed by atoms with Gasteiger partial charge in [0.1, 0.15) is 5.82 Å². The molecule has 1 aliphatic rings. The minimum absolute atomic E-state index is 0.153. The van der Waals surface area contributed by atoms with Gasteiger partial charge in [-0.1, -0.05) is 46.9 Å². The van der Waals surface area contributed by atoms with Crippen LogP contribution < -0.4 is 15.1 Å². The van der Waals surface area contributed by atoms with Gasteiger partial charge in [0, 0.05) is 0 Å². The van der Waals surface area contributed by atoms with E-state index >= 15 is 0 Å². The molecule has 0 aliphatic carbocycles. The van der Waals surface area contributed by atoms with Crippen molar-refractivity contribution in [3.05, 3.63) is 57.3 Å². The van der Waals surface area contributed by atoms with Crippen LogP contribution in [0.1, 0.15) is 0 Å². The van der Waals surface area contributed by atoms with Gasteiger partial charge in [0.05, 0.1) is 52.6 Å². The van der Waals surface area contributed by atoms with Crippen LogP contribution in [0.15, 0.2) is 36.4 Å². The van der Waals surface area contributed by atoms with Gasteiger partial charge in [0.15, 0.2) is 6.54 Å². The summed E-state index contributed by atoms with van der Waals surface area (Å²) in [5.41, 5.74) is 1.05. The maximum atomic E-state index is 13.9. The van der Waals surface area contributed by atoms with E-state index in [4.69, 9.17) is 34.8 Å². The van der Waals surface area contributed by atoms with Crippen LogP contribution in [0.2, 0.25) is 15.1 Å². The van der Waals surface area contributed by atoms with Crippen LogP contribution in [0.3, 0.4) is 0 Å². The normalized spacial score (nSPS) is 15.2. The molecule has 2 N–H and O–H groups in total. The number of para-hydroxylation sites is 1. The predicted octanol–water partition coefficient (Wildman–Crippen LogP) is 3.13. The van der Waals surface area contributed by atoms with Crippen molar-refractivity contribution in [3.63, 3.8) is 0 Å². The lowest BCUT2D eigenvalue weighted by Crippen LogP contribution is -3.15. The molecule has 0 aromatic heterocycles. The molecule has 2 aromatic carbocycles. The number of nitrogens with one attached hydrogen (secondary N) is 2. The fourth-order valence-electron chi connectivity index (χ4n) is 2.99. The predicted molar refractivity (Wildman–Crippen MR) is 104 cm³/mol. The molecule has 1 aliphatic heterocycles. The van der Waals surface area contributed by atoms with E-state index in [1.54, 1.807) is 12.1 Å². The van der Waals surface area contributed by atoms with E-state index in [1.165, 1.54) is 18.2 Å². The number of nitrogens with zero attached hydrogens (tertiary/aromatic N) is 1. The highest BCUT2D eigenvalue weighted by Crippen LogP contribution is 2.32. The Bertz CT molecular complexity index is 810. The summed E-state index contributed by atoms with van der Waals surface area (Å²) in [6.07, 6.45) is 0. The third-order valence-electron chi connectivity index (χ3n) is 4.36. The first-order chi connectivity index (χ1) is 12.4. The molecule has 8 heteroatoms. The summed E-state index contributed by atoms with van der Waals surface area (Å²) < 4.78 is 13.9. The number of carbonyl (C=O) groups excluding carboxylic acids is 1. The van der Waals surface area contributed by atoms with Crippen molar-refractivity contribution in [2.45, 2.75) is 0 Å². The van der Waals surface area contributed by atoms with E-state index in [9.17, 15) is 9.18 Å². The number of hydrogen-bond acceptors (Lipinski definition) is 2. The number of piperazine rings is 1. The average molecular weight is 418 g/mol. The van der Waals surface area contributed by atoms with E-state index in [0.29, 0.717) is 46.1 Å². The molecule has 0 unspecified atom stereocenters. The van der Waals surface area contributed by atoms with Gasteiger partial charge in [-0.15, -0.1) is 0 Å². The van der Waals surface area contributed by atoms with Gasteiger partial charge in [-0.05, 0) is 24.3 Å². The summed E-state index contributed by atoms with van der Waals surface area (Å²) in [4.78, 5) is 15.4. The van der Waals surface area contributed by atoms with E-state index < -0.39 is 0 Å². The Morgan fingerprint density at radius 3 is 2.42 bits per heavy atom. The minimum Gasteiger partial charge on any atom is -0.358 e. The molecular formula is C18H18Cl3FN3O+. The molecule has 138 valence electrons. The van der Waals surface area contributed by atoms with E-state index in [2.05, 4.69) is 5.32 Å². The minimum atomic E-state index is -0.219. The van der Waals surface area contributed by atoms with Gasteiger partial charge in [0.25, 0.3) is 5.91 Å². The number of amides is 1. The van der Waals surface area contributed by atoms with Crippen LogP contribution in [0.5, 0.6) is 0 Å². The quantitative estimate of drug-likeness (QED) is 0.750. The summed E-state index contributed by atoms with van der Waals surface area (Å²) in [5.74, 6) is -0.373. The number of quaternary nitrogens is 1. The average Bonchev–Trinajstić information content (AvgIpc) is 2.61. The van der Waals surface area contributed by atoms with Gasteiger partial charge in [-0.3, -0.25) is 4.79 Å². The number of anilines is 2. The molecule has 0 radical (unpaired) electrons. The summed E-state index contributed by atoms with van der Waals surface area (Å²) in [6, 6.07) is 9.78. The van der Waals surface area contributed by atoms with Crippen LogP contribution in [0.25, 0.3) is 0 Å². The molecule has 0 atom stereocenters. The Balaban J connectivity index is 1.54. The SMILES string of the molecule is O=C(C[NH+]1CCN(c2ccccc2F)CC1)Nc1cc(Cl)c(Cl)cc1Cl. The summed E-state index contributed by atoms with van der Waals surface area (Å²) in [5, 5.41) is 3.78. The molecule has 4 nitrogen and oxygen atoms in total. The molecule has 1 fully saturated rings. The molecular weight excluding hydrogens is 400 g/mol. The van der Waals surface area contributed by atoms with Crippen LogP contribution in [0.4, 0.5) is 15.8 Å². The molecule has 26 heavy (non-hydrogen) atoms. The Hall–Kier alpha value is -1.53. The van der Waals surface area contributed by atoms with E-state index in [1.807, 2.05) is 11.0 Å². The lowest BCUT2D eigenvalue weighted by atomic mass is 10.2. The molecule has 1 amide bonds. The number of benzene rings is 2. The lowest BCUT2D eigenvalue weighted by Gasteiger charge is -2.33. The van der Waals surface area contributed by atoms with Crippen molar-refractivity contribution in [3.8, 4) is 0 Å². The Morgan fingerprint density at radius 1 is 1.08 bits per heavy atom. The van der Waals surface area contributed by atoms with Gasteiger partial charge >= 0.3 is 0 Å². The van der Waals surface area contributed by atoms with Gasteiger partial charge in [-0.25, -0.2) is 4.39 Å². The van der Waals surface area contributed by atoms with Crippen LogP contribution in [-0.4, -0.2) is 38.6 Å². The zero-order valence-electron chi connectivity index (χ0n) is 13.9. The maximum Gasteiger partial charge on any atom is 0.279 e. The first kappa shape index (κ1) is 19.2. The fourth-order valence-corrected chi connectivity index (χ4v) is 3.58. The maximum absolute atomic E-state index is 13.9. The number of carbonyl (C=O) groups is 1. The molecule has 3 rings (SSSR count). The Labute approximate surface area is 166 Å². The molecule has 1 saturated heterocycles. The van der Waals surface area contributed by atoms with Crippen LogP contribution in [-0.2, 0) is 4.79 Å². The Morgan fingerprint density at radius 2 is 1.73 bits per heavy atom. The van der Waals surface area contributed by atoms with Crippen molar-refractivity contribution >= 4 is 52.1 Å². The van der Waals surface area contributed by atoms with Crippen molar-refractivity contribution in [2.75, 3.05) is 42.9 Å². The van der Waals surface area contributed by atoms with E-state index in [-0.39, 0.29) is 11.7 Å². The van der Waals surface area contributed by atoms with Crippen molar-refractivity contribution in [2.24, 2.45) is 0 Å². The molecule has 0 spiro atoms. The molecule has 2 aromatic rings. The summed E-state index contributed by atoms with van der Waals surface area (Å²) in [6.45, 7) is 3.18. The molecule has 0 bridgehead atoms. The van der Waals surface area contributed by atoms with Gasteiger partial charge in [0.2, 0.25) is 0 Å². The standard InChI is InChI=1S/C18H17Cl3FN3O/c19-12-9-14(21)16(10-13(12)20)23-18(26)11-24-5-7-25(8-6-24)17-4-2-1-3-15(17)22/h1-4,9-10H,5-8,11H2,(H,23,26)/p+1. The lowest BCUT2D eigenvalue weighted by molar-refractivity contribution is -0.892. The topological polar surface area (TPSA) is 36.8 Å². The van der Waals surface area contributed by atoms with Crippen molar-refractivity contribution < 1.29 is 14.1 Å². The highest BCUT2D eigenvalue weighted by molar-refractivity contribution is 6.44. The summed E-state index contributed by atoms with van der Waals surface area (Å²) >= 11 is 17.9. The zero-order valence-corrected chi connectivity index (χ0v) is 16.1. The number of halogens is 4. The van der Waals surface area contributed by atoms with Crippen molar-refractivity contribution in [1.29, 1.82) is 0 Å². The van der Waals surface area contributed by atoms with Gasteiger partial charge < -0.3 is 15.1 Å². The number of rotatable bonds is 4. The second-order valence-electron chi connectivity index (χ2n) is 6.16. The van der Waals surface area contributed by atoms with Crippen LogP contribution in [0, 0.1) is 5.82 Å². The second kappa shape index (κ2) is 8.44. The summed E-state index contributed by atoms with van der Waals surface area (Å²) in [7, 11) is 0. The molecule has 1 heterocycles. The van der Waals surface area contributed by atoms with E-state index in [0.717, 1.165) is 18.0 Å². The first-order valence-corrected chi connectivity index (χ1v) is 9.35.